The summed E-state index contributed by atoms with van der Waals surface area (Å²) in [6, 6.07) is 25.1. The van der Waals surface area contributed by atoms with Gasteiger partial charge in [0.2, 0.25) is 0 Å². The second kappa shape index (κ2) is 16.6. The zero-order valence-electron chi connectivity index (χ0n) is 30.9. The molecule has 7 rings (SSSR count). The summed E-state index contributed by atoms with van der Waals surface area (Å²) in [6.45, 7) is 5.24. The quantitative estimate of drug-likeness (QED) is 0.111. The Bertz CT molecular complexity index is 2470. The van der Waals surface area contributed by atoms with E-state index < -0.39 is 35.4 Å². The molecule has 1 N–H and O–H groups in total. The van der Waals surface area contributed by atoms with Gasteiger partial charge in [-0.25, -0.2) is 23.4 Å². The van der Waals surface area contributed by atoms with Crippen LogP contribution < -0.4 is 5.32 Å². The van der Waals surface area contributed by atoms with Crippen molar-refractivity contribution in [2.75, 3.05) is 13.2 Å². The fourth-order valence-electron chi connectivity index (χ4n) is 7.11. The van der Waals surface area contributed by atoms with Gasteiger partial charge in [0.25, 0.3) is 0 Å². The van der Waals surface area contributed by atoms with Crippen LogP contribution in [-0.4, -0.2) is 44.7 Å². The van der Waals surface area contributed by atoms with Crippen molar-refractivity contribution in [2.45, 2.75) is 33.1 Å². The summed E-state index contributed by atoms with van der Waals surface area (Å²) in [6.07, 6.45) is 6.82. The van der Waals surface area contributed by atoms with Crippen LogP contribution in [0, 0.1) is 36.3 Å². The normalized spacial score (nSPS) is 14.0. The molecule has 0 radical (unpaired) electrons. The molecule has 0 saturated carbocycles. The molecule has 3 aromatic carbocycles. The molecule has 0 bridgehead atoms. The zero-order chi connectivity index (χ0) is 39.2. The Balaban J connectivity index is 1.34. The minimum Gasteiger partial charge on any atom is -0.463 e. The second-order valence-electron chi connectivity index (χ2n) is 13.1. The molecule has 0 spiro atoms. The van der Waals surface area contributed by atoms with Gasteiger partial charge in [0.15, 0.2) is 6.61 Å². The molecular weight excluding hydrogens is 713 g/mol. The molecule has 1 aliphatic heterocycles. The van der Waals surface area contributed by atoms with E-state index in [0.29, 0.717) is 33.6 Å². The van der Waals surface area contributed by atoms with Gasteiger partial charge in [-0.1, -0.05) is 48.2 Å². The maximum absolute atomic E-state index is 14.2. The van der Waals surface area contributed by atoms with E-state index in [-0.39, 0.29) is 30.8 Å². The van der Waals surface area contributed by atoms with Crippen LogP contribution in [0.25, 0.3) is 22.4 Å². The Morgan fingerprint density at radius 1 is 0.821 bits per heavy atom. The van der Waals surface area contributed by atoms with E-state index in [9.17, 15) is 18.4 Å². The molecule has 56 heavy (non-hydrogen) atoms. The predicted octanol–water partition coefficient (Wildman–Crippen LogP) is 7.99. The summed E-state index contributed by atoms with van der Waals surface area (Å²) in [5.74, 6) is 3.03. The lowest BCUT2D eigenvalue weighted by molar-refractivity contribution is -0.139. The molecule has 1 atom stereocenters. The van der Waals surface area contributed by atoms with Crippen molar-refractivity contribution >= 4 is 28.7 Å². The van der Waals surface area contributed by atoms with Gasteiger partial charge in [-0.05, 0) is 98.5 Å². The van der Waals surface area contributed by atoms with Crippen LogP contribution in [0.5, 0.6) is 0 Å². The average Bonchev–Trinajstić information content (AvgIpc) is 3.55. The zero-order valence-corrected chi connectivity index (χ0v) is 30.9. The number of benzene rings is 3. The lowest BCUT2D eigenvalue weighted by Crippen LogP contribution is -2.34. The Kier molecular flexibility index (Phi) is 11.1. The number of hydrogen-bond acceptors (Lipinski definition) is 8. The maximum atomic E-state index is 14.2. The standard InChI is InChI=1S/C45H37F2N5O4/c1-4-55-45(54)42-38(25-37(31-9-15-34(46)16-10-31)32-11-17-35(47)18-12-32)41(44(53)56-24-6-8-30-7-5-22-48-26-30)28(2)50-43(42)33-13-19-36(20-14-33)52-29(3)51-39-27-49-23-21-40(39)52/h5,7,9-23,26-27,37-38,50H,4,24-25H2,1-3H3. The number of pyridine rings is 2. The number of imidazole rings is 1. The first-order valence-electron chi connectivity index (χ1n) is 18.1. The molecule has 0 saturated heterocycles. The van der Waals surface area contributed by atoms with Crippen molar-refractivity contribution in [1.29, 1.82) is 0 Å². The van der Waals surface area contributed by atoms with E-state index in [1.807, 2.05) is 41.8 Å². The molecule has 0 fully saturated rings. The van der Waals surface area contributed by atoms with Crippen LogP contribution in [0.2, 0.25) is 0 Å². The number of fused-ring (bicyclic) bond motifs is 1. The van der Waals surface area contributed by atoms with E-state index in [2.05, 4.69) is 32.1 Å². The van der Waals surface area contributed by atoms with Crippen LogP contribution in [0.15, 0.2) is 133 Å². The number of halogens is 2. The van der Waals surface area contributed by atoms with Gasteiger partial charge in [0.1, 0.15) is 23.0 Å². The van der Waals surface area contributed by atoms with E-state index >= 15 is 0 Å². The van der Waals surface area contributed by atoms with Crippen molar-refractivity contribution < 1.29 is 27.8 Å². The molecule has 0 amide bonds. The van der Waals surface area contributed by atoms with Gasteiger partial charge in [-0.3, -0.25) is 14.5 Å². The van der Waals surface area contributed by atoms with Gasteiger partial charge < -0.3 is 14.8 Å². The number of carbonyl (C=O) groups is 2. The molecule has 1 aliphatic rings. The van der Waals surface area contributed by atoms with Crippen molar-refractivity contribution in [3.63, 3.8) is 0 Å². The highest BCUT2D eigenvalue weighted by molar-refractivity contribution is 6.03. The Morgan fingerprint density at radius 2 is 1.48 bits per heavy atom. The summed E-state index contributed by atoms with van der Waals surface area (Å²) < 4.78 is 41.9. The van der Waals surface area contributed by atoms with Gasteiger partial charge >= 0.3 is 11.9 Å². The van der Waals surface area contributed by atoms with Gasteiger partial charge in [0.05, 0.1) is 35.2 Å². The van der Waals surface area contributed by atoms with Crippen molar-refractivity contribution in [3.05, 3.63) is 172 Å². The van der Waals surface area contributed by atoms with Crippen LogP contribution in [0.1, 0.15) is 54.3 Å². The summed E-state index contributed by atoms with van der Waals surface area (Å²) in [5, 5.41) is 3.35. The SMILES string of the molecule is CCOC(=O)C1=C(c2ccc(-n3c(C)nc4cnccc43)cc2)NC(C)=C(C(=O)OCC#Cc2cccnc2)C1CC(c1ccc(F)cc1)c1ccc(F)cc1. The summed E-state index contributed by atoms with van der Waals surface area (Å²) in [7, 11) is 0. The summed E-state index contributed by atoms with van der Waals surface area (Å²) >= 11 is 0. The average molecular weight is 750 g/mol. The first kappa shape index (κ1) is 37.4. The first-order chi connectivity index (χ1) is 27.2. The Hall–Kier alpha value is -6.93. The van der Waals surface area contributed by atoms with E-state index in [4.69, 9.17) is 9.47 Å². The number of aryl methyl sites for hydroxylation is 1. The van der Waals surface area contributed by atoms with Crippen LogP contribution in [0.4, 0.5) is 8.78 Å². The van der Waals surface area contributed by atoms with Gasteiger partial charge in [-0.2, -0.15) is 0 Å². The maximum Gasteiger partial charge on any atom is 0.337 e. The third-order valence-corrected chi connectivity index (χ3v) is 9.62. The molecule has 0 aliphatic carbocycles. The topological polar surface area (TPSA) is 108 Å². The Labute approximate surface area is 322 Å². The molecule has 4 heterocycles. The molecule has 9 nitrogen and oxygen atoms in total. The monoisotopic (exact) mass is 749 g/mol. The number of aromatic nitrogens is 4. The minimum absolute atomic E-state index is 0.0782. The van der Waals surface area contributed by atoms with E-state index in [1.165, 1.54) is 24.3 Å². The number of esters is 2. The summed E-state index contributed by atoms with van der Waals surface area (Å²) in [4.78, 5) is 41.3. The molecule has 280 valence electrons. The lowest BCUT2D eigenvalue weighted by Gasteiger charge is -2.33. The fraction of sp³-hybridized carbons (Fsp3) is 0.178. The number of rotatable bonds is 10. The Morgan fingerprint density at radius 3 is 2.12 bits per heavy atom. The summed E-state index contributed by atoms with van der Waals surface area (Å²) in [5.41, 5.74) is 6.59. The van der Waals surface area contributed by atoms with E-state index in [0.717, 1.165) is 22.5 Å². The molecule has 3 aromatic heterocycles. The first-order valence-corrected chi connectivity index (χ1v) is 18.1. The number of nitrogens with zero attached hydrogens (tertiary/aromatic N) is 4. The predicted molar refractivity (Wildman–Crippen MR) is 208 cm³/mol. The van der Waals surface area contributed by atoms with E-state index in [1.54, 1.807) is 75.0 Å². The number of hydrogen-bond donors (Lipinski definition) is 1. The molecule has 1 unspecified atom stereocenters. The minimum atomic E-state index is -0.892. The van der Waals surface area contributed by atoms with Crippen molar-refractivity contribution in [1.82, 2.24) is 24.8 Å². The van der Waals surface area contributed by atoms with Crippen LogP contribution >= 0.6 is 0 Å². The highest BCUT2D eigenvalue weighted by Crippen LogP contribution is 2.43. The largest absolute Gasteiger partial charge is 0.463 e. The lowest BCUT2D eigenvalue weighted by atomic mass is 9.75. The third-order valence-electron chi connectivity index (χ3n) is 9.62. The van der Waals surface area contributed by atoms with Crippen molar-refractivity contribution in [2.24, 2.45) is 5.92 Å². The number of carbonyl (C=O) groups excluding carboxylic acids is 2. The van der Waals surface area contributed by atoms with Gasteiger partial charge in [-0.15, -0.1) is 0 Å². The molecule has 6 aromatic rings. The van der Waals surface area contributed by atoms with Crippen LogP contribution in [0.3, 0.4) is 0 Å². The van der Waals surface area contributed by atoms with Gasteiger partial charge in [0, 0.05) is 47.4 Å². The van der Waals surface area contributed by atoms with Crippen LogP contribution in [-0.2, 0) is 19.1 Å². The molecular formula is C45H37F2N5O4. The third kappa shape index (κ3) is 7.95. The van der Waals surface area contributed by atoms with Crippen molar-refractivity contribution in [3.8, 4) is 17.5 Å². The molecule has 11 heteroatoms. The second-order valence-corrected chi connectivity index (χ2v) is 13.1. The highest BCUT2D eigenvalue weighted by Gasteiger charge is 2.40. The number of dihydropyridines is 1. The smallest absolute Gasteiger partial charge is 0.337 e. The fourth-order valence-corrected chi connectivity index (χ4v) is 7.11. The number of ether oxygens (including phenoxy) is 2. The highest BCUT2D eigenvalue weighted by atomic mass is 19.1. The number of allylic oxidation sites excluding steroid dienone is 1. The number of nitrogens with one attached hydrogen (secondary N) is 1.